The molecule has 2 rings (SSSR count). The number of ether oxygens (including phenoxy) is 2. The second-order valence-corrected chi connectivity index (χ2v) is 6.24. The number of nitrogens with zero attached hydrogens (tertiary/aromatic N) is 2. The maximum Gasteiger partial charge on any atom is 0.0793 e. The SMILES string of the molecule is CC1CN(CC(O)CN2CCCOC(C)C2)CCCO1. The molecule has 2 saturated heterocycles. The van der Waals surface area contributed by atoms with Crippen LogP contribution in [0.25, 0.3) is 0 Å². The van der Waals surface area contributed by atoms with Gasteiger partial charge in [0.15, 0.2) is 0 Å². The van der Waals surface area contributed by atoms with E-state index < -0.39 is 0 Å². The van der Waals surface area contributed by atoms with Gasteiger partial charge < -0.3 is 14.6 Å². The van der Waals surface area contributed by atoms with E-state index in [4.69, 9.17) is 9.47 Å². The molecule has 2 fully saturated rings. The zero-order valence-electron chi connectivity index (χ0n) is 13.0. The third-order valence-electron chi connectivity index (χ3n) is 4.01. The summed E-state index contributed by atoms with van der Waals surface area (Å²) in [5.41, 5.74) is 0. The van der Waals surface area contributed by atoms with Crippen LogP contribution in [0.2, 0.25) is 0 Å². The van der Waals surface area contributed by atoms with Crippen molar-refractivity contribution in [3.63, 3.8) is 0 Å². The lowest BCUT2D eigenvalue weighted by Crippen LogP contribution is -2.43. The number of rotatable bonds is 4. The monoisotopic (exact) mass is 286 g/mol. The maximum atomic E-state index is 10.3. The molecule has 0 aliphatic carbocycles. The first-order chi connectivity index (χ1) is 9.63. The van der Waals surface area contributed by atoms with Gasteiger partial charge in [-0.25, -0.2) is 0 Å². The minimum atomic E-state index is -0.286. The van der Waals surface area contributed by atoms with Gasteiger partial charge in [0.05, 0.1) is 18.3 Å². The van der Waals surface area contributed by atoms with Crippen LogP contribution >= 0.6 is 0 Å². The van der Waals surface area contributed by atoms with Crippen molar-refractivity contribution in [2.45, 2.75) is 45.0 Å². The third kappa shape index (κ3) is 5.66. The van der Waals surface area contributed by atoms with Crippen LogP contribution in [-0.4, -0.2) is 85.7 Å². The average molecular weight is 286 g/mol. The van der Waals surface area contributed by atoms with E-state index >= 15 is 0 Å². The van der Waals surface area contributed by atoms with E-state index in [2.05, 4.69) is 23.6 Å². The smallest absolute Gasteiger partial charge is 0.0793 e. The van der Waals surface area contributed by atoms with Gasteiger partial charge in [-0.1, -0.05) is 0 Å². The van der Waals surface area contributed by atoms with Crippen molar-refractivity contribution in [2.75, 3.05) is 52.5 Å². The van der Waals surface area contributed by atoms with Gasteiger partial charge >= 0.3 is 0 Å². The Hall–Kier alpha value is -0.200. The number of aliphatic hydroxyl groups is 1. The van der Waals surface area contributed by atoms with Crippen molar-refractivity contribution in [3.05, 3.63) is 0 Å². The molecule has 2 atom stereocenters. The summed E-state index contributed by atoms with van der Waals surface area (Å²) in [5.74, 6) is 0. The summed E-state index contributed by atoms with van der Waals surface area (Å²) in [7, 11) is 0. The number of aliphatic hydroxyl groups excluding tert-OH is 1. The van der Waals surface area contributed by atoms with E-state index in [9.17, 15) is 5.11 Å². The second-order valence-electron chi connectivity index (χ2n) is 6.24. The highest BCUT2D eigenvalue weighted by atomic mass is 16.5. The lowest BCUT2D eigenvalue weighted by Gasteiger charge is -2.28. The molecule has 2 unspecified atom stereocenters. The Balaban J connectivity index is 1.74. The summed E-state index contributed by atoms with van der Waals surface area (Å²) in [4.78, 5) is 4.67. The van der Waals surface area contributed by atoms with Crippen LogP contribution in [0.15, 0.2) is 0 Å². The molecule has 5 nitrogen and oxygen atoms in total. The van der Waals surface area contributed by atoms with Crippen molar-refractivity contribution < 1.29 is 14.6 Å². The van der Waals surface area contributed by atoms with Crippen LogP contribution in [0.5, 0.6) is 0 Å². The normalized spacial score (nSPS) is 32.5. The fourth-order valence-corrected chi connectivity index (χ4v) is 3.15. The topological polar surface area (TPSA) is 45.2 Å². The Labute approximate surface area is 122 Å². The van der Waals surface area contributed by atoms with Crippen molar-refractivity contribution in [1.82, 2.24) is 9.80 Å². The molecule has 0 radical (unpaired) electrons. The molecular formula is C15H30N2O3. The molecule has 0 amide bonds. The van der Waals surface area contributed by atoms with E-state index in [0.29, 0.717) is 0 Å². The van der Waals surface area contributed by atoms with E-state index in [1.807, 2.05) is 0 Å². The summed E-state index contributed by atoms with van der Waals surface area (Å²) in [6.45, 7) is 11.3. The van der Waals surface area contributed by atoms with Gasteiger partial charge in [0.2, 0.25) is 0 Å². The van der Waals surface area contributed by atoms with Crippen LogP contribution in [0.1, 0.15) is 26.7 Å². The van der Waals surface area contributed by atoms with Crippen molar-refractivity contribution in [1.29, 1.82) is 0 Å². The van der Waals surface area contributed by atoms with Crippen molar-refractivity contribution in [2.24, 2.45) is 0 Å². The largest absolute Gasteiger partial charge is 0.390 e. The maximum absolute atomic E-state index is 10.3. The Morgan fingerprint density at radius 1 is 0.950 bits per heavy atom. The molecule has 0 saturated carbocycles. The van der Waals surface area contributed by atoms with Crippen LogP contribution in [0.3, 0.4) is 0 Å². The van der Waals surface area contributed by atoms with Crippen LogP contribution in [0.4, 0.5) is 0 Å². The Morgan fingerprint density at radius 2 is 1.40 bits per heavy atom. The Morgan fingerprint density at radius 3 is 1.85 bits per heavy atom. The highest BCUT2D eigenvalue weighted by Gasteiger charge is 2.21. The van der Waals surface area contributed by atoms with Crippen LogP contribution in [-0.2, 0) is 9.47 Å². The molecule has 1 N–H and O–H groups in total. The highest BCUT2D eigenvalue weighted by molar-refractivity contribution is 4.75. The molecule has 0 aromatic carbocycles. The molecule has 0 aromatic rings. The number of hydrogen-bond donors (Lipinski definition) is 1. The molecule has 0 spiro atoms. The molecule has 20 heavy (non-hydrogen) atoms. The number of β-amino-alcohol motifs (C(OH)–C–C–N with tert-alkyl or cyclic N) is 1. The van der Waals surface area contributed by atoms with Crippen LogP contribution in [0, 0.1) is 0 Å². The molecular weight excluding hydrogens is 256 g/mol. The first kappa shape index (κ1) is 16.2. The fourth-order valence-electron chi connectivity index (χ4n) is 3.15. The van der Waals surface area contributed by atoms with Gasteiger partial charge in [0.25, 0.3) is 0 Å². The molecule has 2 aliphatic heterocycles. The van der Waals surface area contributed by atoms with Gasteiger partial charge in [0.1, 0.15) is 0 Å². The molecule has 2 heterocycles. The lowest BCUT2D eigenvalue weighted by molar-refractivity contribution is 0.0375. The van der Waals surface area contributed by atoms with E-state index in [-0.39, 0.29) is 18.3 Å². The molecule has 5 heteroatoms. The van der Waals surface area contributed by atoms with Crippen LogP contribution < -0.4 is 0 Å². The summed E-state index contributed by atoms with van der Waals surface area (Å²) < 4.78 is 11.3. The predicted octanol–water partition coefficient (Wildman–Crippen LogP) is 0.569. The Kier molecular flexibility index (Phi) is 6.71. The number of hydrogen-bond acceptors (Lipinski definition) is 5. The molecule has 2 aliphatic rings. The van der Waals surface area contributed by atoms with E-state index in [1.165, 1.54) is 0 Å². The zero-order valence-corrected chi connectivity index (χ0v) is 13.0. The minimum Gasteiger partial charge on any atom is -0.390 e. The van der Waals surface area contributed by atoms with Gasteiger partial charge in [-0.05, 0) is 26.7 Å². The summed E-state index contributed by atoms with van der Waals surface area (Å²) in [6.07, 6.45) is 2.38. The first-order valence-corrected chi connectivity index (χ1v) is 7.99. The second kappa shape index (κ2) is 8.29. The van der Waals surface area contributed by atoms with Gasteiger partial charge in [-0.15, -0.1) is 0 Å². The molecule has 0 aromatic heterocycles. The highest BCUT2D eigenvalue weighted by Crippen LogP contribution is 2.09. The van der Waals surface area contributed by atoms with Crippen molar-refractivity contribution >= 4 is 0 Å². The molecule has 118 valence electrons. The summed E-state index contributed by atoms with van der Waals surface area (Å²) in [6, 6.07) is 0. The summed E-state index contributed by atoms with van der Waals surface area (Å²) >= 11 is 0. The van der Waals surface area contributed by atoms with Gasteiger partial charge in [0, 0.05) is 52.5 Å². The van der Waals surface area contributed by atoms with Gasteiger partial charge in [-0.3, -0.25) is 9.80 Å². The lowest BCUT2D eigenvalue weighted by atomic mass is 10.2. The first-order valence-electron chi connectivity index (χ1n) is 7.99. The van der Waals surface area contributed by atoms with E-state index in [1.54, 1.807) is 0 Å². The minimum absolute atomic E-state index is 0.274. The third-order valence-corrected chi connectivity index (χ3v) is 4.01. The zero-order chi connectivity index (χ0) is 14.4. The summed E-state index contributed by atoms with van der Waals surface area (Å²) in [5, 5.41) is 10.3. The van der Waals surface area contributed by atoms with Gasteiger partial charge in [-0.2, -0.15) is 0 Å². The fraction of sp³-hybridized carbons (Fsp3) is 1.00. The standard InChI is InChI=1S/C15H30N2O3/c1-13-9-16(5-3-7-19-13)11-15(18)12-17-6-4-8-20-14(2)10-17/h13-15,18H,3-12H2,1-2H3. The quantitative estimate of drug-likeness (QED) is 0.818. The van der Waals surface area contributed by atoms with E-state index in [0.717, 1.165) is 65.3 Å². The molecule has 0 bridgehead atoms. The predicted molar refractivity (Wildman–Crippen MR) is 78.9 cm³/mol. The Bertz CT molecular complexity index is 252. The van der Waals surface area contributed by atoms with Crippen molar-refractivity contribution in [3.8, 4) is 0 Å². The average Bonchev–Trinajstić information content (AvgIpc) is 2.69.